The highest BCUT2D eigenvalue weighted by atomic mass is 17.2. The van der Waals surface area contributed by atoms with Gasteiger partial charge in [-0.1, -0.05) is 32.6 Å². The van der Waals surface area contributed by atoms with Gasteiger partial charge in [0.1, 0.15) is 0 Å². The van der Waals surface area contributed by atoms with Gasteiger partial charge < -0.3 is 0 Å². The summed E-state index contributed by atoms with van der Waals surface area (Å²) in [4.78, 5) is 9.85. The molecular weight excluding hydrogens is 140 g/mol. The van der Waals surface area contributed by atoms with Crippen molar-refractivity contribution in [1.29, 1.82) is 0 Å². The van der Waals surface area contributed by atoms with Crippen LogP contribution in [0.15, 0.2) is 0 Å². The molecule has 0 spiro atoms. The number of hydrogen-bond acceptors (Lipinski definition) is 2. The van der Waals surface area contributed by atoms with Gasteiger partial charge in [-0.2, -0.15) is 0 Å². The summed E-state index contributed by atoms with van der Waals surface area (Å²) in [6.45, 7) is 3.02. The zero-order valence-electron chi connectivity index (χ0n) is 7.34. The Balaban J connectivity index is 1.86. The van der Waals surface area contributed by atoms with Gasteiger partial charge in [-0.3, -0.25) is 0 Å². The normalized spacial score (nSPS) is 24.3. The third-order valence-corrected chi connectivity index (χ3v) is 2.11. The van der Waals surface area contributed by atoms with E-state index in [0.717, 1.165) is 13.0 Å². The first kappa shape index (κ1) is 9.01. The minimum Gasteiger partial charge on any atom is -0.236 e. The average Bonchev–Trinajstić information content (AvgIpc) is 2.50. The summed E-state index contributed by atoms with van der Waals surface area (Å²) in [5.41, 5.74) is 0. The summed E-state index contributed by atoms with van der Waals surface area (Å²) in [6.07, 6.45) is 7.96. The molecule has 0 aromatic heterocycles. The largest absolute Gasteiger partial charge is 0.236 e. The zero-order chi connectivity index (χ0) is 7.94. The monoisotopic (exact) mass is 158 g/mol. The van der Waals surface area contributed by atoms with E-state index in [1.807, 2.05) is 0 Å². The molecule has 0 radical (unpaired) electrons. The lowest BCUT2D eigenvalue weighted by atomic mass is 10.1. The molecule has 1 aliphatic rings. The van der Waals surface area contributed by atoms with E-state index < -0.39 is 0 Å². The maximum atomic E-state index is 5.03. The van der Waals surface area contributed by atoms with E-state index in [9.17, 15) is 0 Å². The smallest absolute Gasteiger partial charge is 0.0953 e. The molecule has 11 heavy (non-hydrogen) atoms. The Labute approximate surface area is 68.8 Å². The lowest BCUT2D eigenvalue weighted by Crippen LogP contribution is -2.03. The van der Waals surface area contributed by atoms with E-state index in [2.05, 4.69) is 6.92 Å². The average molecular weight is 158 g/mol. The van der Waals surface area contributed by atoms with Crippen LogP contribution >= 0.6 is 0 Å². The van der Waals surface area contributed by atoms with Crippen molar-refractivity contribution in [2.24, 2.45) is 0 Å². The lowest BCUT2D eigenvalue weighted by molar-refractivity contribution is -0.275. The second-order valence-electron chi connectivity index (χ2n) is 3.18. The van der Waals surface area contributed by atoms with E-state index in [-0.39, 0.29) is 0 Å². The fourth-order valence-electron chi connectivity index (χ4n) is 1.36. The standard InChI is InChI=1S/C9H18O2/c1-2-3-4-5-6-9-7-8-10-11-9/h9H,2-8H2,1H3. The molecule has 0 N–H and O–H groups in total. The van der Waals surface area contributed by atoms with Crippen LogP contribution in [-0.4, -0.2) is 12.7 Å². The van der Waals surface area contributed by atoms with Crippen LogP contribution in [0, 0.1) is 0 Å². The van der Waals surface area contributed by atoms with Crippen LogP contribution in [0.2, 0.25) is 0 Å². The SMILES string of the molecule is CCCCCCC1CCOO1. The summed E-state index contributed by atoms with van der Waals surface area (Å²) in [5.74, 6) is 0. The van der Waals surface area contributed by atoms with Crippen molar-refractivity contribution in [3.05, 3.63) is 0 Å². The summed E-state index contributed by atoms with van der Waals surface area (Å²) in [5, 5.41) is 0. The molecule has 1 rings (SSSR count). The summed E-state index contributed by atoms with van der Waals surface area (Å²) in [6, 6.07) is 0. The van der Waals surface area contributed by atoms with Gasteiger partial charge in [0.05, 0.1) is 12.7 Å². The Morgan fingerprint density at radius 1 is 1.27 bits per heavy atom. The molecule has 1 aliphatic heterocycles. The Hall–Kier alpha value is -0.0800. The topological polar surface area (TPSA) is 18.5 Å². The highest BCUT2D eigenvalue weighted by Crippen LogP contribution is 2.16. The Morgan fingerprint density at radius 2 is 2.18 bits per heavy atom. The number of hydrogen-bond donors (Lipinski definition) is 0. The van der Waals surface area contributed by atoms with E-state index in [0.29, 0.717) is 6.10 Å². The molecule has 1 fully saturated rings. The highest BCUT2D eigenvalue weighted by Gasteiger charge is 2.15. The van der Waals surface area contributed by atoms with E-state index in [4.69, 9.17) is 9.78 Å². The first-order valence-corrected chi connectivity index (χ1v) is 4.71. The van der Waals surface area contributed by atoms with Crippen LogP contribution in [0.5, 0.6) is 0 Å². The zero-order valence-corrected chi connectivity index (χ0v) is 7.34. The molecule has 1 saturated heterocycles. The van der Waals surface area contributed by atoms with Crippen LogP contribution < -0.4 is 0 Å². The number of rotatable bonds is 5. The molecule has 1 unspecified atom stereocenters. The molecule has 2 heteroatoms. The van der Waals surface area contributed by atoms with Crippen molar-refractivity contribution in [3.8, 4) is 0 Å². The van der Waals surface area contributed by atoms with Crippen LogP contribution in [-0.2, 0) is 9.78 Å². The Bertz CT molecular complexity index is 87.6. The van der Waals surface area contributed by atoms with Gasteiger partial charge in [-0.15, -0.1) is 0 Å². The molecule has 0 bridgehead atoms. The molecule has 1 heterocycles. The molecule has 0 amide bonds. The molecule has 0 aliphatic carbocycles. The fraction of sp³-hybridized carbons (Fsp3) is 1.00. The molecule has 0 aromatic rings. The van der Waals surface area contributed by atoms with Gasteiger partial charge in [-0.25, -0.2) is 9.78 Å². The molecule has 2 nitrogen and oxygen atoms in total. The minimum absolute atomic E-state index is 0.395. The maximum Gasteiger partial charge on any atom is 0.0953 e. The first-order chi connectivity index (χ1) is 5.43. The van der Waals surface area contributed by atoms with Gasteiger partial charge >= 0.3 is 0 Å². The second-order valence-corrected chi connectivity index (χ2v) is 3.18. The van der Waals surface area contributed by atoms with Crippen molar-refractivity contribution in [2.75, 3.05) is 6.61 Å². The van der Waals surface area contributed by atoms with E-state index in [1.54, 1.807) is 0 Å². The Morgan fingerprint density at radius 3 is 2.82 bits per heavy atom. The van der Waals surface area contributed by atoms with E-state index >= 15 is 0 Å². The fourth-order valence-corrected chi connectivity index (χ4v) is 1.36. The van der Waals surface area contributed by atoms with E-state index in [1.165, 1.54) is 32.1 Å². The second kappa shape index (κ2) is 5.56. The predicted octanol–water partition coefficient (Wildman–Crippen LogP) is 2.68. The molecule has 1 atom stereocenters. The summed E-state index contributed by atoms with van der Waals surface area (Å²) in [7, 11) is 0. The van der Waals surface area contributed by atoms with Crippen LogP contribution in [0.3, 0.4) is 0 Å². The van der Waals surface area contributed by atoms with Crippen molar-refractivity contribution >= 4 is 0 Å². The highest BCUT2D eigenvalue weighted by molar-refractivity contribution is 4.59. The maximum absolute atomic E-state index is 5.03. The molecule has 0 aromatic carbocycles. The molecule has 0 saturated carbocycles. The molecule has 66 valence electrons. The summed E-state index contributed by atoms with van der Waals surface area (Å²) < 4.78 is 0. The third kappa shape index (κ3) is 3.73. The van der Waals surface area contributed by atoms with Crippen molar-refractivity contribution in [1.82, 2.24) is 0 Å². The summed E-state index contributed by atoms with van der Waals surface area (Å²) >= 11 is 0. The van der Waals surface area contributed by atoms with Crippen molar-refractivity contribution in [2.45, 2.75) is 51.6 Å². The third-order valence-electron chi connectivity index (χ3n) is 2.11. The van der Waals surface area contributed by atoms with Crippen LogP contribution in [0.25, 0.3) is 0 Å². The number of unbranched alkanes of at least 4 members (excludes halogenated alkanes) is 3. The van der Waals surface area contributed by atoms with Gasteiger partial charge in [0, 0.05) is 6.42 Å². The van der Waals surface area contributed by atoms with Gasteiger partial charge in [-0.05, 0) is 6.42 Å². The lowest BCUT2D eigenvalue weighted by Gasteiger charge is -2.04. The van der Waals surface area contributed by atoms with Crippen molar-refractivity contribution < 1.29 is 9.78 Å². The van der Waals surface area contributed by atoms with Crippen molar-refractivity contribution in [3.63, 3.8) is 0 Å². The quantitative estimate of drug-likeness (QED) is 0.452. The van der Waals surface area contributed by atoms with Crippen LogP contribution in [0.4, 0.5) is 0 Å². The van der Waals surface area contributed by atoms with Crippen LogP contribution in [0.1, 0.15) is 45.4 Å². The van der Waals surface area contributed by atoms with Gasteiger partial charge in [0.25, 0.3) is 0 Å². The first-order valence-electron chi connectivity index (χ1n) is 4.71. The van der Waals surface area contributed by atoms with Gasteiger partial charge in [0.2, 0.25) is 0 Å². The predicted molar refractivity (Wildman–Crippen MR) is 44.2 cm³/mol. The Kier molecular flexibility index (Phi) is 4.55. The minimum atomic E-state index is 0.395. The molecular formula is C9H18O2. The van der Waals surface area contributed by atoms with Gasteiger partial charge in [0.15, 0.2) is 0 Å².